The van der Waals surface area contributed by atoms with Crippen LogP contribution >= 0.6 is 0 Å². The lowest BCUT2D eigenvalue weighted by Crippen LogP contribution is -2.11. The Morgan fingerprint density at radius 2 is 2.27 bits per heavy atom. The highest BCUT2D eigenvalue weighted by atomic mass is 19.1. The molecule has 0 amide bonds. The van der Waals surface area contributed by atoms with E-state index in [0.29, 0.717) is 11.3 Å². The smallest absolute Gasteiger partial charge is 0.149 e. The quantitative estimate of drug-likeness (QED) is 0.808. The molecule has 0 saturated heterocycles. The SMILES string of the molecule is CC(N)c1cccc(F)c1-n1cncn1. The number of benzene rings is 1. The van der Waals surface area contributed by atoms with Crippen LogP contribution in [0.3, 0.4) is 0 Å². The van der Waals surface area contributed by atoms with Crippen molar-refractivity contribution in [1.82, 2.24) is 14.8 Å². The number of nitrogens with two attached hydrogens (primary N) is 1. The normalized spacial score (nSPS) is 12.7. The molecular weight excluding hydrogens is 195 g/mol. The van der Waals surface area contributed by atoms with Gasteiger partial charge in [0.05, 0.1) is 0 Å². The summed E-state index contributed by atoms with van der Waals surface area (Å²) in [5.74, 6) is -0.352. The maximum Gasteiger partial charge on any atom is 0.149 e. The summed E-state index contributed by atoms with van der Waals surface area (Å²) in [6.45, 7) is 1.80. The Hall–Kier alpha value is -1.75. The van der Waals surface area contributed by atoms with Crippen molar-refractivity contribution in [2.24, 2.45) is 5.73 Å². The van der Waals surface area contributed by atoms with Crippen molar-refractivity contribution in [3.8, 4) is 5.69 Å². The zero-order valence-corrected chi connectivity index (χ0v) is 8.26. The molecule has 0 fully saturated rings. The first-order valence-corrected chi connectivity index (χ1v) is 4.59. The Labute approximate surface area is 86.6 Å². The molecule has 2 rings (SSSR count). The van der Waals surface area contributed by atoms with E-state index in [2.05, 4.69) is 10.1 Å². The van der Waals surface area contributed by atoms with Crippen molar-refractivity contribution >= 4 is 0 Å². The minimum Gasteiger partial charge on any atom is -0.324 e. The predicted octanol–water partition coefficient (Wildman–Crippen LogP) is 1.43. The van der Waals surface area contributed by atoms with Crippen LogP contribution in [0.15, 0.2) is 30.9 Å². The molecular formula is C10H11FN4. The van der Waals surface area contributed by atoms with E-state index in [9.17, 15) is 4.39 Å². The minimum absolute atomic E-state index is 0.250. The van der Waals surface area contributed by atoms with Crippen LogP contribution in [0.25, 0.3) is 5.69 Å². The lowest BCUT2D eigenvalue weighted by Gasteiger charge is -2.12. The van der Waals surface area contributed by atoms with Gasteiger partial charge in [-0.1, -0.05) is 12.1 Å². The Kier molecular flexibility index (Phi) is 2.47. The van der Waals surface area contributed by atoms with Gasteiger partial charge in [0.1, 0.15) is 24.2 Å². The lowest BCUT2D eigenvalue weighted by molar-refractivity contribution is 0.602. The Morgan fingerprint density at radius 3 is 2.87 bits per heavy atom. The Bertz CT molecular complexity index is 450. The van der Waals surface area contributed by atoms with Crippen LogP contribution in [-0.4, -0.2) is 14.8 Å². The van der Waals surface area contributed by atoms with Gasteiger partial charge in [0.15, 0.2) is 0 Å². The molecule has 2 N–H and O–H groups in total. The van der Waals surface area contributed by atoms with Crippen LogP contribution in [0.4, 0.5) is 4.39 Å². The molecule has 1 aromatic carbocycles. The number of nitrogens with zero attached hydrogens (tertiary/aromatic N) is 3. The topological polar surface area (TPSA) is 56.7 Å². The van der Waals surface area contributed by atoms with Gasteiger partial charge in [-0.25, -0.2) is 14.1 Å². The monoisotopic (exact) mass is 206 g/mol. The predicted molar refractivity (Wildman–Crippen MR) is 53.9 cm³/mol. The molecule has 0 saturated carbocycles. The van der Waals surface area contributed by atoms with E-state index in [1.165, 1.54) is 23.4 Å². The van der Waals surface area contributed by atoms with E-state index < -0.39 is 0 Å². The van der Waals surface area contributed by atoms with Gasteiger partial charge in [-0.2, -0.15) is 5.10 Å². The highest BCUT2D eigenvalue weighted by Crippen LogP contribution is 2.21. The van der Waals surface area contributed by atoms with Gasteiger partial charge in [0, 0.05) is 6.04 Å². The zero-order valence-electron chi connectivity index (χ0n) is 8.26. The summed E-state index contributed by atoms with van der Waals surface area (Å²) in [5.41, 5.74) is 6.84. The summed E-state index contributed by atoms with van der Waals surface area (Å²) in [7, 11) is 0. The van der Waals surface area contributed by atoms with Crippen LogP contribution in [0.5, 0.6) is 0 Å². The molecule has 78 valence electrons. The molecule has 4 nitrogen and oxygen atoms in total. The van der Waals surface area contributed by atoms with Gasteiger partial charge in [-0.05, 0) is 18.6 Å². The number of rotatable bonds is 2. The fourth-order valence-electron chi connectivity index (χ4n) is 1.46. The van der Waals surface area contributed by atoms with Crippen LogP contribution in [0.1, 0.15) is 18.5 Å². The fourth-order valence-corrected chi connectivity index (χ4v) is 1.46. The average Bonchev–Trinajstić information content (AvgIpc) is 2.70. The summed E-state index contributed by atoms with van der Waals surface area (Å²) in [4.78, 5) is 3.78. The zero-order chi connectivity index (χ0) is 10.8. The molecule has 0 radical (unpaired) electrons. The second-order valence-corrected chi connectivity index (χ2v) is 3.31. The second-order valence-electron chi connectivity index (χ2n) is 3.31. The Balaban J connectivity index is 2.63. The van der Waals surface area contributed by atoms with E-state index >= 15 is 0 Å². The molecule has 0 aliphatic rings. The van der Waals surface area contributed by atoms with E-state index in [1.54, 1.807) is 19.1 Å². The average molecular weight is 206 g/mol. The van der Waals surface area contributed by atoms with Crippen molar-refractivity contribution < 1.29 is 4.39 Å². The van der Waals surface area contributed by atoms with Crippen LogP contribution < -0.4 is 5.73 Å². The first-order chi connectivity index (χ1) is 7.20. The van der Waals surface area contributed by atoms with Crippen molar-refractivity contribution in [2.45, 2.75) is 13.0 Å². The lowest BCUT2D eigenvalue weighted by atomic mass is 10.1. The van der Waals surface area contributed by atoms with Crippen molar-refractivity contribution in [1.29, 1.82) is 0 Å². The summed E-state index contributed by atoms with van der Waals surface area (Å²) >= 11 is 0. The summed E-state index contributed by atoms with van der Waals surface area (Å²) in [5, 5.41) is 3.90. The van der Waals surface area contributed by atoms with E-state index in [4.69, 9.17) is 5.73 Å². The highest BCUT2D eigenvalue weighted by molar-refractivity contribution is 5.42. The maximum absolute atomic E-state index is 13.6. The molecule has 0 aliphatic carbocycles. The molecule has 5 heteroatoms. The second kappa shape index (κ2) is 3.78. The largest absolute Gasteiger partial charge is 0.324 e. The van der Waals surface area contributed by atoms with Crippen molar-refractivity contribution in [3.05, 3.63) is 42.2 Å². The van der Waals surface area contributed by atoms with Gasteiger partial charge in [0.2, 0.25) is 0 Å². The molecule has 0 spiro atoms. The summed E-state index contributed by atoms with van der Waals surface area (Å²) < 4.78 is 15.0. The highest BCUT2D eigenvalue weighted by Gasteiger charge is 2.13. The molecule has 1 heterocycles. The van der Waals surface area contributed by atoms with Crippen LogP contribution in [0.2, 0.25) is 0 Å². The number of para-hydroxylation sites is 1. The molecule has 2 aromatic rings. The first-order valence-electron chi connectivity index (χ1n) is 4.59. The van der Waals surface area contributed by atoms with Gasteiger partial charge in [-0.15, -0.1) is 0 Å². The summed E-state index contributed by atoms with van der Waals surface area (Å²) in [6.07, 6.45) is 2.81. The van der Waals surface area contributed by atoms with E-state index in [1.807, 2.05) is 0 Å². The van der Waals surface area contributed by atoms with Crippen LogP contribution in [-0.2, 0) is 0 Å². The maximum atomic E-state index is 13.6. The van der Waals surface area contributed by atoms with Gasteiger partial charge >= 0.3 is 0 Å². The number of halogens is 1. The Morgan fingerprint density at radius 1 is 1.47 bits per heavy atom. The molecule has 15 heavy (non-hydrogen) atoms. The first kappa shape index (κ1) is 9.79. The van der Waals surface area contributed by atoms with Gasteiger partial charge in [-0.3, -0.25) is 0 Å². The molecule has 1 atom stereocenters. The van der Waals surface area contributed by atoms with Crippen LogP contribution in [0, 0.1) is 5.82 Å². The van der Waals surface area contributed by atoms with Crippen molar-refractivity contribution in [3.63, 3.8) is 0 Å². The third-order valence-electron chi connectivity index (χ3n) is 2.16. The third-order valence-corrected chi connectivity index (χ3v) is 2.16. The molecule has 1 unspecified atom stereocenters. The summed E-state index contributed by atoms with van der Waals surface area (Å²) in [6, 6.07) is 4.54. The number of aromatic nitrogens is 3. The third kappa shape index (κ3) is 1.73. The van der Waals surface area contributed by atoms with E-state index in [0.717, 1.165) is 0 Å². The molecule has 1 aromatic heterocycles. The fraction of sp³-hybridized carbons (Fsp3) is 0.200. The van der Waals surface area contributed by atoms with Gasteiger partial charge < -0.3 is 5.73 Å². The minimum atomic E-state index is -0.352. The van der Waals surface area contributed by atoms with E-state index in [-0.39, 0.29) is 11.9 Å². The van der Waals surface area contributed by atoms with Gasteiger partial charge in [0.25, 0.3) is 0 Å². The number of hydrogen-bond donors (Lipinski definition) is 1. The van der Waals surface area contributed by atoms with Crippen molar-refractivity contribution in [2.75, 3.05) is 0 Å². The standard InChI is InChI=1S/C10H11FN4/c1-7(12)8-3-2-4-9(11)10(8)15-6-13-5-14-15/h2-7H,12H2,1H3. The molecule has 0 bridgehead atoms. The number of hydrogen-bond acceptors (Lipinski definition) is 3. The molecule has 0 aliphatic heterocycles.